The van der Waals surface area contributed by atoms with Crippen molar-refractivity contribution in [3.05, 3.63) is 52.8 Å². The molecule has 8 heteroatoms. The Kier molecular flexibility index (Phi) is 3.49. The van der Waals surface area contributed by atoms with Crippen molar-refractivity contribution in [3.63, 3.8) is 0 Å². The predicted octanol–water partition coefficient (Wildman–Crippen LogP) is 2.49. The SMILES string of the molecule is Nc1nccnc1-c1nc(Cc2cccc(Cl)c2F)no1. The van der Waals surface area contributed by atoms with Gasteiger partial charge in [-0.25, -0.2) is 14.4 Å². The van der Waals surface area contributed by atoms with E-state index in [0.717, 1.165) is 0 Å². The summed E-state index contributed by atoms with van der Waals surface area (Å²) >= 11 is 5.73. The van der Waals surface area contributed by atoms with Crippen LogP contribution in [0.1, 0.15) is 11.4 Å². The maximum absolute atomic E-state index is 13.8. The van der Waals surface area contributed by atoms with Crippen LogP contribution in [-0.4, -0.2) is 20.1 Å². The van der Waals surface area contributed by atoms with E-state index in [1.807, 2.05) is 0 Å². The Morgan fingerprint density at radius 1 is 1.24 bits per heavy atom. The van der Waals surface area contributed by atoms with Gasteiger partial charge in [0, 0.05) is 18.8 Å². The van der Waals surface area contributed by atoms with E-state index >= 15 is 0 Å². The third kappa shape index (κ3) is 2.68. The van der Waals surface area contributed by atoms with Gasteiger partial charge in [-0.15, -0.1) is 0 Å². The van der Waals surface area contributed by atoms with Gasteiger partial charge in [0.05, 0.1) is 5.02 Å². The van der Waals surface area contributed by atoms with Crippen molar-refractivity contribution < 1.29 is 8.91 Å². The number of rotatable bonds is 3. The van der Waals surface area contributed by atoms with E-state index in [4.69, 9.17) is 21.9 Å². The van der Waals surface area contributed by atoms with Gasteiger partial charge in [-0.3, -0.25) is 0 Å². The minimum atomic E-state index is -0.496. The number of hydrogen-bond donors (Lipinski definition) is 1. The molecule has 0 bridgehead atoms. The zero-order chi connectivity index (χ0) is 14.8. The molecule has 1 aromatic carbocycles. The third-order valence-corrected chi connectivity index (χ3v) is 3.07. The van der Waals surface area contributed by atoms with Gasteiger partial charge in [-0.2, -0.15) is 4.98 Å². The fraction of sp³-hybridized carbons (Fsp3) is 0.0769. The molecule has 6 nitrogen and oxygen atoms in total. The molecular weight excluding hydrogens is 297 g/mol. The molecule has 0 fully saturated rings. The number of benzene rings is 1. The third-order valence-electron chi connectivity index (χ3n) is 2.78. The first-order chi connectivity index (χ1) is 10.1. The quantitative estimate of drug-likeness (QED) is 0.799. The molecule has 0 saturated carbocycles. The van der Waals surface area contributed by atoms with Gasteiger partial charge in [0.2, 0.25) is 0 Å². The van der Waals surface area contributed by atoms with E-state index in [1.165, 1.54) is 18.5 Å². The van der Waals surface area contributed by atoms with Crippen molar-refractivity contribution in [2.45, 2.75) is 6.42 Å². The molecule has 2 aromatic heterocycles. The predicted molar refractivity (Wildman–Crippen MR) is 74.0 cm³/mol. The zero-order valence-corrected chi connectivity index (χ0v) is 11.4. The van der Waals surface area contributed by atoms with Gasteiger partial charge < -0.3 is 10.3 Å². The van der Waals surface area contributed by atoms with Gasteiger partial charge in [-0.1, -0.05) is 28.9 Å². The van der Waals surface area contributed by atoms with Crippen LogP contribution in [0.5, 0.6) is 0 Å². The smallest absolute Gasteiger partial charge is 0.280 e. The molecule has 0 aliphatic carbocycles. The lowest BCUT2D eigenvalue weighted by atomic mass is 10.1. The number of nitrogens with zero attached hydrogens (tertiary/aromatic N) is 4. The van der Waals surface area contributed by atoms with Crippen molar-refractivity contribution in [1.29, 1.82) is 0 Å². The largest absolute Gasteiger partial charge is 0.382 e. The second kappa shape index (κ2) is 5.45. The molecule has 106 valence electrons. The van der Waals surface area contributed by atoms with Crippen LogP contribution < -0.4 is 5.73 Å². The Hall–Kier alpha value is -2.54. The molecule has 2 heterocycles. The first-order valence-electron chi connectivity index (χ1n) is 5.97. The van der Waals surface area contributed by atoms with Crippen molar-refractivity contribution in [3.8, 4) is 11.6 Å². The summed E-state index contributed by atoms with van der Waals surface area (Å²) in [6.07, 6.45) is 3.07. The Morgan fingerprint density at radius 3 is 2.86 bits per heavy atom. The maximum atomic E-state index is 13.8. The normalized spacial score (nSPS) is 10.8. The highest BCUT2D eigenvalue weighted by molar-refractivity contribution is 6.30. The van der Waals surface area contributed by atoms with Crippen molar-refractivity contribution in [2.75, 3.05) is 5.73 Å². The molecule has 21 heavy (non-hydrogen) atoms. The highest BCUT2D eigenvalue weighted by atomic mass is 35.5. The van der Waals surface area contributed by atoms with Crippen LogP contribution in [0.25, 0.3) is 11.6 Å². The summed E-state index contributed by atoms with van der Waals surface area (Å²) in [4.78, 5) is 12.0. The average Bonchev–Trinajstić information content (AvgIpc) is 2.93. The fourth-order valence-electron chi connectivity index (χ4n) is 1.79. The van der Waals surface area contributed by atoms with Crippen molar-refractivity contribution in [1.82, 2.24) is 20.1 Å². The summed E-state index contributed by atoms with van der Waals surface area (Å²) in [5.74, 6) is 0.125. The summed E-state index contributed by atoms with van der Waals surface area (Å²) in [5, 5.41) is 3.83. The maximum Gasteiger partial charge on any atom is 0.280 e. The molecule has 0 unspecified atom stereocenters. The van der Waals surface area contributed by atoms with E-state index < -0.39 is 5.82 Å². The van der Waals surface area contributed by atoms with E-state index in [1.54, 1.807) is 12.1 Å². The van der Waals surface area contributed by atoms with Gasteiger partial charge in [0.15, 0.2) is 17.3 Å². The van der Waals surface area contributed by atoms with E-state index in [9.17, 15) is 4.39 Å². The summed E-state index contributed by atoms with van der Waals surface area (Å²) in [5.41, 5.74) is 6.35. The molecule has 2 N–H and O–H groups in total. The van der Waals surface area contributed by atoms with Crippen molar-refractivity contribution >= 4 is 17.4 Å². The van der Waals surface area contributed by atoms with Crippen LogP contribution >= 0.6 is 11.6 Å². The van der Waals surface area contributed by atoms with Gasteiger partial charge in [0.1, 0.15) is 5.82 Å². The summed E-state index contributed by atoms with van der Waals surface area (Å²) in [7, 11) is 0. The number of halogens is 2. The van der Waals surface area contributed by atoms with Gasteiger partial charge in [0.25, 0.3) is 5.89 Å². The number of nitrogens with two attached hydrogens (primary N) is 1. The van der Waals surface area contributed by atoms with Crippen LogP contribution in [-0.2, 0) is 6.42 Å². The summed E-state index contributed by atoms with van der Waals surface area (Å²) in [6.45, 7) is 0. The Morgan fingerprint density at radius 2 is 2.05 bits per heavy atom. The fourth-order valence-corrected chi connectivity index (χ4v) is 1.98. The Labute approximate surface area is 123 Å². The first-order valence-corrected chi connectivity index (χ1v) is 6.35. The minimum absolute atomic E-state index is 0.0504. The van der Waals surface area contributed by atoms with Crippen LogP contribution in [0.15, 0.2) is 35.1 Å². The molecule has 0 atom stereocenters. The molecule has 0 amide bonds. The van der Waals surface area contributed by atoms with Crippen molar-refractivity contribution in [2.24, 2.45) is 0 Å². The number of aromatic nitrogens is 4. The van der Waals surface area contributed by atoms with E-state index in [0.29, 0.717) is 17.1 Å². The summed E-state index contributed by atoms with van der Waals surface area (Å²) < 4.78 is 18.9. The lowest BCUT2D eigenvalue weighted by Crippen LogP contribution is -1.97. The molecule has 0 saturated heterocycles. The second-order valence-corrected chi connectivity index (χ2v) is 4.60. The zero-order valence-electron chi connectivity index (χ0n) is 10.6. The average molecular weight is 306 g/mol. The molecule has 0 radical (unpaired) electrons. The number of nitrogen functional groups attached to an aromatic ring is 1. The molecule has 0 aliphatic heterocycles. The lowest BCUT2D eigenvalue weighted by molar-refractivity contribution is 0.422. The highest BCUT2D eigenvalue weighted by Crippen LogP contribution is 2.22. The Bertz CT molecular complexity index is 792. The minimum Gasteiger partial charge on any atom is -0.382 e. The summed E-state index contributed by atoms with van der Waals surface area (Å²) in [6, 6.07) is 4.73. The topological polar surface area (TPSA) is 90.7 Å². The van der Waals surface area contributed by atoms with Crippen LogP contribution in [0, 0.1) is 5.82 Å². The van der Waals surface area contributed by atoms with Gasteiger partial charge >= 0.3 is 0 Å². The number of anilines is 1. The monoisotopic (exact) mass is 305 g/mol. The van der Waals surface area contributed by atoms with Gasteiger partial charge in [-0.05, 0) is 11.6 Å². The molecule has 3 aromatic rings. The standard InChI is InChI=1S/C13H9ClFN5O/c14-8-3-1-2-7(10(8)15)6-9-19-13(21-20-9)11-12(16)18-5-4-17-11/h1-5H,6H2,(H2,16,18). The molecule has 0 spiro atoms. The van der Waals surface area contributed by atoms with Crippen LogP contribution in [0.3, 0.4) is 0 Å². The molecular formula is C13H9ClFN5O. The van der Waals surface area contributed by atoms with E-state index in [2.05, 4.69) is 20.1 Å². The van der Waals surface area contributed by atoms with Crippen LogP contribution in [0.2, 0.25) is 5.02 Å². The molecule has 0 aliphatic rings. The van der Waals surface area contributed by atoms with E-state index in [-0.39, 0.29) is 23.2 Å². The molecule has 3 rings (SSSR count). The lowest BCUT2D eigenvalue weighted by Gasteiger charge is -2.00. The second-order valence-electron chi connectivity index (χ2n) is 4.20. The Balaban J connectivity index is 1.89. The number of hydrogen-bond acceptors (Lipinski definition) is 6. The highest BCUT2D eigenvalue weighted by Gasteiger charge is 2.15. The van der Waals surface area contributed by atoms with Crippen LogP contribution in [0.4, 0.5) is 10.2 Å². The first kappa shape index (κ1) is 13.4.